The van der Waals surface area contributed by atoms with Crippen molar-refractivity contribution in [3.63, 3.8) is 0 Å². The Balaban J connectivity index is 1.21. The molecule has 0 aromatic heterocycles. The van der Waals surface area contributed by atoms with Crippen LogP contribution in [0.25, 0.3) is 0 Å². The van der Waals surface area contributed by atoms with E-state index in [0.717, 1.165) is 45.1 Å². The normalized spacial score (nSPS) is 25.6. The first-order valence-electron chi connectivity index (χ1n) is 12.2. The van der Waals surface area contributed by atoms with Gasteiger partial charge in [-0.1, -0.05) is 25.0 Å². The Hall–Kier alpha value is -2.57. The first-order valence-corrected chi connectivity index (χ1v) is 12.2. The second-order valence-corrected chi connectivity index (χ2v) is 9.94. The molecule has 3 fully saturated rings. The van der Waals surface area contributed by atoms with Crippen LogP contribution in [0.15, 0.2) is 24.3 Å². The number of benzene rings is 1. The Kier molecular flexibility index (Phi) is 5.82. The third kappa shape index (κ3) is 4.21. The van der Waals surface area contributed by atoms with Crippen LogP contribution in [0.4, 0.5) is 5.69 Å². The first kappa shape index (κ1) is 21.3. The number of likely N-dealkylation sites (tertiary alicyclic amines) is 2. The van der Waals surface area contributed by atoms with Gasteiger partial charge in [0, 0.05) is 44.9 Å². The highest BCUT2D eigenvalue weighted by Gasteiger charge is 2.43. The number of ether oxygens (including phenoxy) is 1. The molecule has 1 aromatic carbocycles. The Morgan fingerprint density at radius 1 is 0.906 bits per heavy atom. The lowest BCUT2D eigenvalue weighted by molar-refractivity contribution is -0.145. The summed E-state index contributed by atoms with van der Waals surface area (Å²) < 4.78 is 6.36. The van der Waals surface area contributed by atoms with Crippen molar-refractivity contribution in [2.24, 2.45) is 11.8 Å². The predicted molar refractivity (Wildman–Crippen MR) is 120 cm³/mol. The predicted octanol–water partition coefficient (Wildman–Crippen LogP) is 3.20. The standard InChI is InChI=1S/C25H33N3O4/c29-22-16-25(32-21-10-4-3-9-20(21)26-22)11-14-27(15-12-25)24(31)19-8-5-13-28(17-19)23(30)18-6-1-2-7-18/h3-4,9-10,18-19H,1-2,5-8,11-17H2,(H,26,29). The van der Waals surface area contributed by atoms with E-state index >= 15 is 0 Å². The molecule has 1 atom stereocenters. The first-order chi connectivity index (χ1) is 15.5. The van der Waals surface area contributed by atoms with E-state index in [-0.39, 0.29) is 29.6 Å². The van der Waals surface area contributed by atoms with Crippen LogP contribution in [0, 0.1) is 11.8 Å². The minimum atomic E-state index is -0.565. The number of hydrogen-bond donors (Lipinski definition) is 1. The topological polar surface area (TPSA) is 79.0 Å². The summed E-state index contributed by atoms with van der Waals surface area (Å²) in [5.74, 6) is 1.13. The van der Waals surface area contributed by atoms with Gasteiger partial charge in [0.1, 0.15) is 11.4 Å². The van der Waals surface area contributed by atoms with E-state index in [9.17, 15) is 14.4 Å². The van der Waals surface area contributed by atoms with Gasteiger partial charge in [0.25, 0.3) is 0 Å². The van der Waals surface area contributed by atoms with Crippen molar-refractivity contribution in [1.29, 1.82) is 0 Å². The smallest absolute Gasteiger partial charge is 0.228 e. The van der Waals surface area contributed by atoms with Crippen LogP contribution in [0.1, 0.15) is 57.8 Å². The Morgan fingerprint density at radius 3 is 2.38 bits per heavy atom. The number of amides is 3. The minimum Gasteiger partial charge on any atom is -0.484 e. The summed E-state index contributed by atoms with van der Waals surface area (Å²) >= 11 is 0. The fourth-order valence-electron chi connectivity index (χ4n) is 5.90. The average molecular weight is 440 g/mol. The Labute approximate surface area is 189 Å². The van der Waals surface area contributed by atoms with E-state index in [1.165, 1.54) is 0 Å². The maximum atomic E-state index is 13.3. The summed E-state index contributed by atoms with van der Waals surface area (Å²) in [6, 6.07) is 7.53. The van der Waals surface area contributed by atoms with Gasteiger partial charge < -0.3 is 19.9 Å². The molecule has 3 aliphatic heterocycles. The molecule has 7 heteroatoms. The summed E-state index contributed by atoms with van der Waals surface area (Å²) in [6.45, 7) is 2.51. The number of anilines is 1. The van der Waals surface area contributed by atoms with E-state index in [2.05, 4.69) is 5.32 Å². The van der Waals surface area contributed by atoms with Crippen LogP contribution >= 0.6 is 0 Å². The molecule has 0 radical (unpaired) electrons. The highest BCUT2D eigenvalue weighted by molar-refractivity contribution is 5.93. The molecule has 1 aromatic rings. The molecule has 3 heterocycles. The van der Waals surface area contributed by atoms with Crippen LogP contribution in [-0.2, 0) is 14.4 Å². The van der Waals surface area contributed by atoms with E-state index in [4.69, 9.17) is 4.74 Å². The largest absolute Gasteiger partial charge is 0.484 e. The van der Waals surface area contributed by atoms with Gasteiger partial charge in [-0.15, -0.1) is 0 Å². The Bertz CT molecular complexity index is 887. The SMILES string of the molecule is O=C1CC2(CCN(C(=O)C3CCCN(C(=O)C4CCCC4)C3)CC2)Oc2ccccc2N1. The van der Waals surface area contributed by atoms with E-state index in [1.807, 2.05) is 34.1 Å². The van der Waals surface area contributed by atoms with Crippen LogP contribution < -0.4 is 10.1 Å². The molecule has 3 amide bonds. The summed E-state index contributed by atoms with van der Waals surface area (Å²) in [4.78, 5) is 42.5. The highest BCUT2D eigenvalue weighted by Crippen LogP contribution is 2.39. The zero-order valence-corrected chi connectivity index (χ0v) is 18.7. The molecular formula is C25H33N3O4. The second-order valence-electron chi connectivity index (χ2n) is 9.94. The summed E-state index contributed by atoms with van der Waals surface area (Å²) in [7, 11) is 0. The monoisotopic (exact) mass is 439 g/mol. The quantitative estimate of drug-likeness (QED) is 0.768. The van der Waals surface area contributed by atoms with Gasteiger partial charge >= 0.3 is 0 Å². The number of rotatable bonds is 2. The molecule has 1 spiro atoms. The zero-order valence-electron chi connectivity index (χ0n) is 18.7. The second kappa shape index (κ2) is 8.75. The van der Waals surface area contributed by atoms with Crippen molar-refractivity contribution in [3.05, 3.63) is 24.3 Å². The fraction of sp³-hybridized carbons (Fsp3) is 0.640. The van der Waals surface area contributed by atoms with Crippen LogP contribution in [0.3, 0.4) is 0 Å². The van der Waals surface area contributed by atoms with Crippen molar-refractivity contribution >= 4 is 23.4 Å². The molecular weight excluding hydrogens is 406 g/mol. The van der Waals surface area contributed by atoms with Crippen LogP contribution in [0.5, 0.6) is 5.75 Å². The molecule has 4 aliphatic rings. The number of fused-ring (bicyclic) bond motifs is 1. The number of carbonyl (C=O) groups excluding carboxylic acids is 3. The molecule has 1 N–H and O–H groups in total. The van der Waals surface area contributed by atoms with E-state index in [0.29, 0.717) is 50.3 Å². The van der Waals surface area contributed by atoms with Crippen molar-refractivity contribution < 1.29 is 19.1 Å². The number of carbonyl (C=O) groups is 3. The summed E-state index contributed by atoms with van der Waals surface area (Å²) in [5, 5.41) is 2.94. The molecule has 1 aliphatic carbocycles. The van der Waals surface area contributed by atoms with Gasteiger partial charge in [-0.05, 0) is 37.8 Å². The number of piperidine rings is 2. The lowest BCUT2D eigenvalue weighted by Crippen LogP contribution is -2.54. The number of nitrogens with one attached hydrogen (secondary N) is 1. The van der Waals surface area contributed by atoms with Gasteiger partial charge in [0.15, 0.2) is 0 Å². The summed E-state index contributed by atoms with van der Waals surface area (Å²) in [5.41, 5.74) is 0.145. The number of para-hydroxylation sites is 2. The minimum absolute atomic E-state index is 0.0388. The van der Waals surface area contributed by atoms with Crippen molar-refractivity contribution in [2.75, 3.05) is 31.5 Å². The van der Waals surface area contributed by atoms with E-state index in [1.54, 1.807) is 0 Å². The van der Waals surface area contributed by atoms with Gasteiger partial charge in [0.2, 0.25) is 17.7 Å². The molecule has 5 rings (SSSR count). The van der Waals surface area contributed by atoms with Gasteiger partial charge in [-0.3, -0.25) is 14.4 Å². The lowest BCUT2D eigenvalue weighted by Gasteiger charge is -2.42. The molecule has 0 bridgehead atoms. The molecule has 172 valence electrons. The van der Waals surface area contributed by atoms with Gasteiger partial charge in [-0.2, -0.15) is 0 Å². The number of nitrogens with zero attached hydrogens (tertiary/aromatic N) is 2. The Morgan fingerprint density at radius 2 is 1.59 bits per heavy atom. The van der Waals surface area contributed by atoms with Gasteiger partial charge in [-0.25, -0.2) is 0 Å². The van der Waals surface area contributed by atoms with Crippen molar-refractivity contribution in [1.82, 2.24) is 9.80 Å². The molecule has 1 unspecified atom stereocenters. The van der Waals surface area contributed by atoms with Crippen molar-refractivity contribution in [3.8, 4) is 5.75 Å². The third-order valence-electron chi connectivity index (χ3n) is 7.74. The highest BCUT2D eigenvalue weighted by atomic mass is 16.5. The summed E-state index contributed by atoms with van der Waals surface area (Å²) in [6.07, 6.45) is 7.61. The third-order valence-corrected chi connectivity index (χ3v) is 7.74. The fourth-order valence-corrected chi connectivity index (χ4v) is 5.90. The lowest BCUT2D eigenvalue weighted by atomic mass is 9.86. The average Bonchev–Trinajstić information content (AvgIpc) is 3.30. The van der Waals surface area contributed by atoms with Crippen LogP contribution in [-0.4, -0.2) is 59.3 Å². The van der Waals surface area contributed by atoms with Gasteiger partial charge in [0.05, 0.1) is 18.0 Å². The van der Waals surface area contributed by atoms with E-state index < -0.39 is 5.60 Å². The van der Waals surface area contributed by atoms with Crippen LogP contribution in [0.2, 0.25) is 0 Å². The zero-order chi connectivity index (χ0) is 22.1. The molecule has 7 nitrogen and oxygen atoms in total. The van der Waals surface area contributed by atoms with Crippen molar-refractivity contribution in [2.45, 2.75) is 63.4 Å². The maximum absolute atomic E-state index is 13.3. The maximum Gasteiger partial charge on any atom is 0.228 e. The molecule has 1 saturated carbocycles. The molecule has 2 saturated heterocycles. The molecule has 32 heavy (non-hydrogen) atoms. The number of hydrogen-bond acceptors (Lipinski definition) is 4.